The van der Waals surface area contributed by atoms with Gasteiger partial charge >= 0.3 is 0 Å². The third kappa shape index (κ3) is 4.48. The van der Waals surface area contributed by atoms with Crippen LogP contribution in [0.2, 0.25) is 0 Å². The zero-order valence-electron chi connectivity index (χ0n) is 16.2. The second kappa shape index (κ2) is 7.96. The number of hydrogen-bond acceptors (Lipinski definition) is 4. The van der Waals surface area contributed by atoms with Crippen LogP contribution >= 0.6 is 0 Å². The van der Waals surface area contributed by atoms with E-state index in [0.29, 0.717) is 17.7 Å². The fourth-order valence-corrected chi connectivity index (χ4v) is 4.51. The number of likely N-dealkylation sites (tertiary alicyclic amines) is 1. The number of hydrogen-bond donors (Lipinski definition) is 2. The zero-order valence-corrected chi connectivity index (χ0v) is 16.2. The molecule has 25 heavy (non-hydrogen) atoms. The average Bonchev–Trinajstić information content (AvgIpc) is 2.61. The number of ether oxygens (including phenoxy) is 1. The molecule has 1 aromatic rings. The molecule has 1 saturated carbocycles. The minimum Gasteiger partial charge on any atom is -0.397 e. The van der Waals surface area contributed by atoms with Gasteiger partial charge in [0, 0.05) is 31.3 Å². The summed E-state index contributed by atoms with van der Waals surface area (Å²) in [5.41, 5.74) is 9.70. The second-order valence-corrected chi connectivity index (χ2v) is 8.15. The summed E-state index contributed by atoms with van der Waals surface area (Å²) in [7, 11) is 0. The first-order chi connectivity index (χ1) is 12.0. The first kappa shape index (κ1) is 18.5. The Labute approximate surface area is 153 Å². The summed E-state index contributed by atoms with van der Waals surface area (Å²) in [6.07, 6.45) is 7.82. The molecule has 1 aliphatic carbocycles. The van der Waals surface area contributed by atoms with Crippen LogP contribution < -0.4 is 11.1 Å². The van der Waals surface area contributed by atoms with Crippen LogP contribution in [0.25, 0.3) is 0 Å². The average molecular weight is 346 g/mol. The second-order valence-electron chi connectivity index (χ2n) is 8.15. The maximum Gasteiger partial charge on any atom is 0.0578 e. The molecule has 0 radical (unpaired) electrons. The van der Waals surface area contributed by atoms with E-state index in [9.17, 15) is 0 Å². The van der Waals surface area contributed by atoms with Crippen LogP contribution in [0.3, 0.4) is 0 Å². The van der Waals surface area contributed by atoms with Crippen molar-refractivity contribution in [2.45, 2.75) is 77.0 Å². The molecule has 1 heterocycles. The van der Waals surface area contributed by atoms with E-state index in [1.807, 2.05) is 6.07 Å². The van der Waals surface area contributed by atoms with E-state index in [0.717, 1.165) is 18.0 Å². The standard InChI is InChI=1S/C21H35N3O/c1-4-25-18-7-11-21(3,12-8-18)24-13-9-17(10-14-24)23-20-15-16(2)5-6-19(20)22/h5-6,15,17-18,23H,4,7-14,22H2,1-3H3/t18-,21-. The first-order valence-corrected chi connectivity index (χ1v) is 9.99. The Morgan fingerprint density at radius 3 is 2.52 bits per heavy atom. The number of anilines is 2. The van der Waals surface area contributed by atoms with Crippen LogP contribution in [-0.2, 0) is 4.74 Å². The highest BCUT2D eigenvalue weighted by Crippen LogP contribution is 2.36. The van der Waals surface area contributed by atoms with Gasteiger partial charge in [0.25, 0.3) is 0 Å². The molecule has 0 atom stereocenters. The van der Waals surface area contributed by atoms with Crippen molar-refractivity contribution >= 4 is 11.4 Å². The lowest BCUT2D eigenvalue weighted by Gasteiger charge is -2.48. The predicted octanol–water partition coefficient (Wildman–Crippen LogP) is 4.19. The smallest absolute Gasteiger partial charge is 0.0578 e. The Hall–Kier alpha value is -1.26. The number of piperidine rings is 1. The summed E-state index contributed by atoms with van der Waals surface area (Å²) in [6, 6.07) is 6.77. The third-order valence-electron chi connectivity index (χ3n) is 6.24. The fourth-order valence-electron chi connectivity index (χ4n) is 4.51. The van der Waals surface area contributed by atoms with Crippen LogP contribution in [0.4, 0.5) is 11.4 Å². The van der Waals surface area contributed by atoms with Crippen molar-refractivity contribution < 1.29 is 4.74 Å². The molecule has 1 aliphatic heterocycles. The molecule has 1 saturated heterocycles. The molecule has 140 valence electrons. The van der Waals surface area contributed by atoms with E-state index in [4.69, 9.17) is 10.5 Å². The van der Waals surface area contributed by atoms with Gasteiger partial charge in [-0.1, -0.05) is 6.07 Å². The van der Waals surface area contributed by atoms with Crippen LogP contribution in [0, 0.1) is 6.92 Å². The molecule has 2 fully saturated rings. The zero-order chi connectivity index (χ0) is 17.9. The molecular formula is C21H35N3O. The topological polar surface area (TPSA) is 50.5 Å². The van der Waals surface area contributed by atoms with Crippen LogP contribution in [0.1, 0.15) is 57.9 Å². The molecule has 0 unspecified atom stereocenters. The molecule has 0 bridgehead atoms. The molecule has 3 N–H and O–H groups in total. The number of nitrogens with two attached hydrogens (primary N) is 1. The van der Waals surface area contributed by atoms with Gasteiger partial charge in [-0.2, -0.15) is 0 Å². The Kier molecular flexibility index (Phi) is 5.90. The van der Waals surface area contributed by atoms with Gasteiger partial charge in [0.15, 0.2) is 0 Å². The van der Waals surface area contributed by atoms with Crippen molar-refractivity contribution in [3.63, 3.8) is 0 Å². The lowest BCUT2D eigenvalue weighted by atomic mass is 9.79. The highest BCUT2D eigenvalue weighted by atomic mass is 16.5. The molecule has 2 aliphatic rings. The number of nitrogens with one attached hydrogen (secondary N) is 1. The molecule has 4 heteroatoms. The Morgan fingerprint density at radius 1 is 1.20 bits per heavy atom. The number of nitrogen functional groups attached to an aromatic ring is 1. The van der Waals surface area contributed by atoms with Gasteiger partial charge in [0.05, 0.1) is 17.5 Å². The SMILES string of the molecule is CCO[C@H]1CC[C@](C)(N2CCC(Nc3cc(C)ccc3N)CC2)CC1. The minimum atomic E-state index is 0.362. The number of rotatable bonds is 5. The van der Waals surface area contributed by atoms with Gasteiger partial charge in [-0.25, -0.2) is 0 Å². The molecule has 0 spiro atoms. The van der Waals surface area contributed by atoms with Crippen LogP contribution in [0.5, 0.6) is 0 Å². The summed E-state index contributed by atoms with van der Waals surface area (Å²) in [6.45, 7) is 9.89. The number of benzene rings is 1. The highest BCUT2D eigenvalue weighted by Gasteiger charge is 2.38. The Balaban J connectivity index is 1.51. The van der Waals surface area contributed by atoms with Crippen LogP contribution in [-0.4, -0.2) is 42.3 Å². The van der Waals surface area contributed by atoms with Crippen LogP contribution in [0.15, 0.2) is 18.2 Å². The Morgan fingerprint density at radius 2 is 1.88 bits per heavy atom. The summed E-state index contributed by atoms with van der Waals surface area (Å²) in [5.74, 6) is 0. The van der Waals surface area contributed by atoms with Gasteiger partial charge in [-0.15, -0.1) is 0 Å². The van der Waals surface area contributed by atoms with Crippen molar-refractivity contribution in [3.05, 3.63) is 23.8 Å². The molecule has 3 rings (SSSR count). The van der Waals surface area contributed by atoms with Crippen molar-refractivity contribution in [1.29, 1.82) is 0 Å². The summed E-state index contributed by atoms with van der Waals surface area (Å²) in [5, 5.41) is 3.68. The van der Waals surface area contributed by atoms with E-state index in [2.05, 4.69) is 43.1 Å². The van der Waals surface area contributed by atoms with Crippen molar-refractivity contribution in [1.82, 2.24) is 4.90 Å². The predicted molar refractivity (Wildman–Crippen MR) is 106 cm³/mol. The van der Waals surface area contributed by atoms with Gasteiger partial charge in [0.2, 0.25) is 0 Å². The largest absolute Gasteiger partial charge is 0.397 e. The third-order valence-corrected chi connectivity index (χ3v) is 6.24. The van der Waals surface area contributed by atoms with E-state index in [1.54, 1.807) is 0 Å². The first-order valence-electron chi connectivity index (χ1n) is 9.99. The van der Waals surface area contributed by atoms with E-state index in [1.165, 1.54) is 57.2 Å². The molecule has 4 nitrogen and oxygen atoms in total. The van der Waals surface area contributed by atoms with E-state index >= 15 is 0 Å². The molecular weight excluding hydrogens is 310 g/mol. The summed E-state index contributed by atoms with van der Waals surface area (Å²) >= 11 is 0. The minimum absolute atomic E-state index is 0.362. The molecule has 1 aromatic carbocycles. The van der Waals surface area contributed by atoms with Gasteiger partial charge < -0.3 is 15.8 Å². The van der Waals surface area contributed by atoms with E-state index in [-0.39, 0.29) is 0 Å². The van der Waals surface area contributed by atoms with Gasteiger partial charge in [0.1, 0.15) is 0 Å². The van der Waals surface area contributed by atoms with Crippen molar-refractivity contribution in [2.75, 3.05) is 30.7 Å². The Bertz CT molecular complexity index is 558. The monoisotopic (exact) mass is 345 g/mol. The quantitative estimate of drug-likeness (QED) is 0.786. The number of nitrogens with zero attached hydrogens (tertiary/aromatic N) is 1. The number of aryl methyl sites for hydroxylation is 1. The highest BCUT2D eigenvalue weighted by molar-refractivity contribution is 5.67. The van der Waals surface area contributed by atoms with E-state index < -0.39 is 0 Å². The molecule has 0 amide bonds. The maximum atomic E-state index is 6.12. The van der Waals surface area contributed by atoms with Gasteiger partial charge in [-0.3, -0.25) is 4.90 Å². The summed E-state index contributed by atoms with van der Waals surface area (Å²) in [4.78, 5) is 2.73. The lowest BCUT2D eigenvalue weighted by Crippen LogP contribution is -2.53. The summed E-state index contributed by atoms with van der Waals surface area (Å²) < 4.78 is 5.83. The fraction of sp³-hybridized carbons (Fsp3) is 0.714. The lowest BCUT2D eigenvalue weighted by molar-refractivity contribution is -0.0242. The van der Waals surface area contributed by atoms with Gasteiger partial charge in [-0.05, 0) is 77.0 Å². The van der Waals surface area contributed by atoms with Crippen molar-refractivity contribution in [3.8, 4) is 0 Å². The maximum absolute atomic E-state index is 6.12. The normalized spacial score (nSPS) is 28.8. The van der Waals surface area contributed by atoms with Crippen molar-refractivity contribution in [2.24, 2.45) is 0 Å². The molecule has 0 aromatic heterocycles.